The number of furan rings is 1. The highest BCUT2D eigenvalue weighted by molar-refractivity contribution is 6.16. The Kier molecular flexibility index (Phi) is 7.57. The van der Waals surface area contributed by atoms with Gasteiger partial charge in [-0.25, -0.2) is 15.0 Å². The molecule has 4 heteroatoms. The van der Waals surface area contributed by atoms with E-state index in [0.29, 0.717) is 29.6 Å². The smallest absolute Gasteiger partial charge is 0.164 e. The Balaban J connectivity index is 1.19. The molecule has 0 N–H and O–H groups in total. The van der Waals surface area contributed by atoms with Crippen LogP contribution in [0.1, 0.15) is 2.74 Å². The molecular weight excluding hydrogens is 671 g/mol. The first kappa shape index (κ1) is 30.1. The SMILES string of the molecule is [2H]c1ccccc1-c1ccc(-c2cc(-c3ccc(-c4ccccc4[2H])cc3)c3oc4cccc(-c5nc(-c6ccccc6)nc(-c6ccccc6)n5)c4c3c2)cc1. The predicted molar refractivity (Wildman–Crippen MR) is 225 cm³/mol. The molecule has 0 aliphatic rings. The molecule has 2 aromatic heterocycles. The van der Waals surface area contributed by atoms with Gasteiger partial charge in [-0.3, -0.25) is 0 Å². The third-order valence-corrected chi connectivity index (χ3v) is 9.99. The maximum atomic E-state index is 8.48. The van der Waals surface area contributed by atoms with Crippen LogP contribution in [0, 0.1) is 0 Å². The summed E-state index contributed by atoms with van der Waals surface area (Å²) in [5.74, 6) is 1.74. The summed E-state index contributed by atoms with van der Waals surface area (Å²) >= 11 is 0. The standard InChI is InChI=1S/C51H33N3O/c1-5-14-34(15-6-1)36-24-26-38(27-25-36)42-32-44(39-30-28-37(29-31-39)35-16-7-2-8-17-35)48-45(33-42)47-43(22-13-23-46(47)55-48)51-53-49(40-18-9-3-10-19-40)52-50(54-51)41-20-11-4-12-21-41/h1-33H/i14D,16D. The minimum absolute atomic E-state index is 0.486. The molecule has 258 valence electrons. The van der Waals surface area contributed by atoms with Crippen LogP contribution in [0.15, 0.2) is 205 Å². The summed E-state index contributed by atoms with van der Waals surface area (Å²) in [7, 11) is 0. The Bertz CT molecular complexity index is 3010. The quantitative estimate of drug-likeness (QED) is 0.166. The van der Waals surface area contributed by atoms with Gasteiger partial charge in [0.1, 0.15) is 11.2 Å². The fraction of sp³-hybridized carbons (Fsp3) is 0. The van der Waals surface area contributed by atoms with Crippen LogP contribution in [0.5, 0.6) is 0 Å². The lowest BCUT2D eigenvalue weighted by Crippen LogP contribution is -2.00. The molecule has 0 fully saturated rings. The summed E-state index contributed by atoms with van der Waals surface area (Å²) in [5, 5.41) is 1.86. The minimum atomic E-state index is 0.486. The third kappa shape index (κ3) is 6.16. The van der Waals surface area contributed by atoms with E-state index in [1.54, 1.807) is 0 Å². The molecule has 10 aromatic rings. The van der Waals surface area contributed by atoms with Crippen molar-refractivity contribution in [2.45, 2.75) is 0 Å². The van der Waals surface area contributed by atoms with Gasteiger partial charge in [-0.2, -0.15) is 0 Å². The largest absolute Gasteiger partial charge is 0.455 e. The van der Waals surface area contributed by atoms with E-state index >= 15 is 0 Å². The fourth-order valence-corrected chi connectivity index (χ4v) is 7.24. The predicted octanol–water partition coefficient (Wildman–Crippen LogP) is 13.4. The molecule has 0 amide bonds. The van der Waals surface area contributed by atoms with E-state index in [1.807, 2.05) is 121 Å². The van der Waals surface area contributed by atoms with Gasteiger partial charge in [-0.15, -0.1) is 0 Å². The maximum absolute atomic E-state index is 8.48. The summed E-state index contributed by atoms with van der Waals surface area (Å²) in [4.78, 5) is 15.1. The van der Waals surface area contributed by atoms with Gasteiger partial charge in [-0.1, -0.05) is 182 Å². The van der Waals surface area contributed by atoms with Crippen molar-refractivity contribution in [3.05, 3.63) is 200 Å². The zero-order chi connectivity index (χ0) is 38.3. The van der Waals surface area contributed by atoms with Gasteiger partial charge in [-0.05, 0) is 57.1 Å². The summed E-state index contributed by atoms with van der Waals surface area (Å²) < 4.78 is 23.8. The Labute approximate surface area is 321 Å². The van der Waals surface area contributed by atoms with E-state index in [0.717, 1.165) is 83.1 Å². The van der Waals surface area contributed by atoms with Gasteiger partial charge in [0.25, 0.3) is 0 Å². The molecular formula is C51H33N3O. The lowest BCUT2D eigenvalue weighted by Gasteiger charge is -2.11. The first-order valence-electron chi connectivity index (χ1n) is 19.3. The van der Waals surface area contributed by atoms with Crippen LogP contribution in [0.3, 0.4) is 0 Å². The van der Waals surface area contributed by atoms with Gasteiger partial charge < -0.3 is 4.42 Å². The molecule has 0 aliphatic heterocycles. The van der Waals surface area contributed by atoms with Gasteiger partial charge in [0.05, 0.1) is 2.74 Å². The van der Waals surface area contributed by atoms with E-state index in [4.69, 9.17) is 22.1 Å². The highest BCUT2D eigenvalue weighted by atomic mass is 16.3. The normalized spacial score (nSPS) is 11.8. The molecule has 0 saturated carbocycles. The molecule has 8 aromatic carbocycles. The first-order chi connectivity index (χ1) is 28.1. The van der Waals surface area contributed by atoms with Crippen molar-refractivity contribution in [1.29, 1.82) is 0 Å². The Morgan fingerprint density at radius 1 is 0.345 bits per heavy atom. The highest BCUT2D eigenvalue weighted by Gasteiger charge is 2.21. The zero-order valence-corrected chi connectivity index (χ0v) is 29.6. The van der Waals surface area contributed by atoms with Gasteiger partial charge in [0.2, 0.25) is 0 Å². The van der Waals surface area contributed by atoms with Crippen molar-refractivity contribution in [3.8, 4) is 78.7 Å². The Morgan fingerprint density at radius 3 is 1.36 bits per heavy atom. The monoisotopic (exact) mass is 705 g/mol. The first-order valence-corrected chi connectivity index (χ1v) is 18.3. The molecule has 0 spiro atoms. The average molecular weight is 706 g/mol. The molecule has 0 saturated heterocycles. The van der Waals surface area contributed by atoms with Crippen molar-refractivity contribution in [1.82, 2.24) is 15.0 Å². The molecule has 0 aliphatic carbocycles. The lowest BCUT2D eigenvalue weighted by molar-refractivity contribution is 0.670. The molecule has 4 nitrogen and oxygen atoms in total. The average Bonchev–Trinajstić information content (AvgIpc) is 3.66. The fourth-order valence-electron chi connectivity index (χ4n) is 7.24. The number of rotatable bonds is 7. The van der Waals surface area contributed by atoms with Gasteiger partial charge >= 0.3 is 0 Å². The van der Waals surface area contributed by atoms with Crippen molar-refractivity contribution < 1.29 is 7.16 Å². The topological polar surface area (TPSA) is 51.8 Å². The van der Waals surface area contributed by atoms with E-state index in [1.165, 1.54) is 0 Å². The van der Waals surface area contributed by atoms with Gasteiger partial charge in [0.15, 0.2) is 17.5 Å². The molecule has 55 heavy (non-hydrogen) atoms. The van der Waals surface area contributed by atoms with Crippen LogP contribution in [-0.2, 0) is 0 Å². The second-order valence-electron chi connectivity index (χ2n) is 13.4. The molecule has 0 bridgehead atoms. The highest BCUT2D eigenvalue weighted by Crippen LogP contribution is 2.43. The molecule has 10 rings (SSSR count). The summed E-state index contributed by atoms with van der Waals surface area (Å²) in [6, 6.07) is 63.5. The van der Waals surface area contributed by atoms with Gasteiger partial charge in [0, 0.05) is 33.0 Å². The minimum Gasteiger partial charge on any atom is -0.455 e. The van der Waals surface area contributed by atoms with Crippen molar-refractivity contribution >= 4 is 21.9 Å². The number of benzene rings is 8. The summed E-state index contributed by atoms with van der Waals surface area (Å²) in [6.07, 6.45) is 0. The Morgan fingerprint density at radius 2 is 0.818 bits per heavy atom. The molecule has 0 atom stereocenters. The van der Waals surface area contributed by atoms with Crippen LogP contribution in [0.2, 0.25) is 0 Å². The molecule has 0 unspecified atom stereocenters. The zero-order valence-electron chi connectivity index (χ0n) is 31.6. The molecule has 0 radical (unpaired) electrons. The van der Waals surface area contributed by atoms with Crippen molar-refractivity contribution in [3.63, 3.8) is 0 Å². The second-order valence-corrected chi connectivity index (χ2v) is 13.4. The lowest BCUT2D eigenvalue weighted by atomic mass is 9.93. The van der Waals surface area contributed by atoms with Crippen molar-refractivity contribution in [2.24, 2.45) is 0 Å². The van der Waals surface area contributed by atoms with Crippen molar-refractivity contribution in [2.75, 3.05) is 0 Å². The number of nitrogens with zero attached hydrogens (tertiary/aromatic N) is 3. The number of aromatic nitrogens is 3. The van der Waals surface area contributed by atoms with Crippen LogP contribution in [-0.4, -0.2) is 15.0 Å². The Hall–Kier alpha value is -7.43. The maximum Gasteiger partial charge on any atom is 0.164 e. The number of fused-ring (bicyclic) bond motifs is 3. The van der Waals surface area contributed by atoms with E-state index in [9.17, 15) is 0 Å². The van der Waals surface area contributed by atoms with Crippen LogP contribution >= 0.6 is 0 Å². The van der Waals surface area contributed by atoms with E-state index in [2.05, 4.69) is 66.7 Å². The summed E-state index contributed by atoms with van der Waals surface area (Å²) in [6.45, 7) is 0. The van der Waals surface area contributed by atoms with Crippen LogP contribution in [0.4, 0.5) is 0 Å². The number of hydrogen-bond acceptors (Lipinski definition) is 4. The summed E-state index contributed by atoms with van der Waals surface area (Å²) in [5.41, 5.74) is 11.9. The van der Waals surface area contributed by atoms with Crippen LogP contribution < -0.4 is 0 Å². The number of hydrogen-bond donors (Lipinski definition) is 0. The van der Waals surface area contributed by atoms with Crippen LogP contribution in [0.25, 0.3) is 101 Å². The van der Waals surface area contributed by atoms with E-state index in [-0.39, 0.29) is 0 Å². The second kappa shape index (κ2) is 13.8. The third-order valence-electron chi connectivity index (χ3n) is 9.99. The van der Waals surface area contributed by atoms with E-state index < -0.39 is 0 Å². The molecule has 2 heterocycles.